The summed E-state index contributed by atoms with van der Waals surface area (Å²) < 4.78 is 0. The molecule has 3 fully saturated rings. The van der Waals surface area contributed by atoms with Crippen LogP contribution in [0.3, 0.4) is 0 Å². The molecule has 0 aromatic carbocycles. The monoisotopic (exact) mass is 265 g/mol. The lowest BCUT2D eigenvalue weighted by Crippen LogP contribution is -2.40. The van der Waals surface area contributed by atoms with Crippen LogP contribution < -0.4 is 5.32 Å². The van der Waals surface area contributed by atoms with Gasteiger partial charge in [-0.05, 0) is 64.2 Å². The van der Waals surface area contributed by atoms with Crippen molar-refractivity contribution >= 4 is 0 Å². The molecule has 1 N–H and O–H groups in total. The zero-order valence-corrected chi connectivity index (χ0v) is 12.6. The van der Waals surface area contributed by atoms with E-state index in [0.29, 0.717) is 0 Å². The molecule has 1 aliphatic carbocycles. The molecule has 3 nitrogen and oxygen atoms in total. The fourth-order valence-corrected chi connectivity index (χ4v) is 4.50. The zero-order chi connectivity index (χ0) is 13.1. The van der Waals surface area contributed by atoms with Gasteiger partial charge in [0.25, 0.3) is 0 Å². The average Bonchev–Trinajstić information content (AvgIpc) is 3.12. The molecule has 3 heteroatoms. The van der Waals surface area contributed by atoms with Gasteiger partial charge in [0.15, 0.2) is 0 Å². The van der Waals surface area contributed by atoms with Gasteiger partial charge in [0.2, 0.25) is 0 Å². The molecule has 3 aliphatic rings. The van der Waals surface area contributed by atoms with E-state index < -0.39 is 0 Å². The molecule has 0 bridgehead atoms. The maximum atomic E-state index is 3.70. The minimum Gasteiger partial charge on any atom is -0.314 e. The van der Waals surface area contributed by atoms with Gasteiger partial charge in [-0.2, -0.15) is 0 Å². The minimum absolute atomic E-state index is 0.802. The first kappa shape index (κ1) is 13.8. The van der Waals surface area contributed by atoms with Crippen molar-refractivity contribution < 1.29 is 0 Å². The molecular formula is C16H31N3. The molecule has 2 saturated heterocycles. The highest BCUT2D eigenvalue weighted by molar-refractivity contribution is 4.90. The van der Waals surface area contributed by atoms with Gasteiger partial charge < -0.3 is 10.2 Å². The molecule has 2 aliphatic heterocycles. The Labute approximate surface area is 118 Å². The number of likely N-dealkylation sites (tertiary alicyclic amines) is 2. The summed E-state index contributed by atoms with van der Waals surface area (Å²) in [6.45, 7) is 10.1. The van der Waals surface area contributed by atoms with Crippen LogP contribution in [0.25, 0.3) is 0 Å². The second-order valence-electron chi connectivity index (χ2n) is 6.80. The van der Waals surface area contributed by atoms with E-state index in [2.05, 4.69) is 22.0 Å². The maximum absolute atomic E-state index is 3.70. The maximum Gasteiger partial charge on any atom is 0.0235 e. The lowest BCUT2D eigenvalue weighted by molar-refractivity contribution is 0.210. The molecule has 0 aromatic rings. The van der Waals surface area contributed by atoms with Crippen LogP contribution in [0.15, 0.2) is 0 Å². The number of hydrogen-bond acceptors (Lipinski definition) is 3. The van der Waals surface area contributed by atoms with E-state index >= 15 is 0 Å². The summed E-state index contributed by atoms with van der Waals surface area (Å²) in [4.78, 5) is 5.50. The Bertz CT molecular complexity index is 275. The van der Waals surface area contributed by atoms with Crippen LogP contribution in [0.4, 0.5) is 0 Å². The van der Waals surface area contributed by atoms with E-state index in [1.165, 1.54) is 71.2 Å². The Morgan fingerprint density at radius 1 is 1.00 bits per heavy atom. The van der Waals surface area contributed by atoms with E-state index in [-0.39, 0.29) is 0 Å². The first-order valence-electron chi connectivity index (χ1n) is 8.56. The van der Waals surface area contributed by atoms with Crippen molar-refractivity contribution in [1.29, 1.82) is 0 Å². The molecule has 0 amide bonds. The molecular weight excluding hydrogens is 234 g/mol. The number of nitrogens with one attached hydrogen (secondary N) is 1. The molecule has 0 radical (unpaired) electrons. The van der Waals surface area contributed by atoms with Crippen molar-refractivity contribution in [3.8, 4) is 0 Å². The summed E-state index contributed by atoms with van der Waals surface area (Å²) in [6.07, 6.45) is 8.57. The SMILES string of the molecule is CCNC1CCCC1CN1CCC(N2CCCC2)C1. The van der Waals surface area contributed by atoms with Crippen molar-refractivity contribution in [2.24, 2.45) is 5.92 Å². The summed E-state index contributed by atoms with van der Waals surface area (Å²) in [7, 11) is 0. The fraction of sp³-hybridized carbons (Fsp3) is 1.00. The molecule has 110 valence electrons. The predicted molar refractivity (Wildman–Crippen MR) is 80.5 cm³/mol. The third kappa shape index (κ3) is 3.32. The first-order valence-corrected chi connectivity index (χ1v) is 8.56. The van der Waals surface area contributed by atoms with Crippen molar-refractivity contribution in [3.63, 3.8) is 0 Å². The van der Waals surface area contributed by atoms with E-state index in [4.69, 9.17) is 0 Å². The van der Waals surface area contributed by atoms with Crippen LogP contribution in [0.1, 0.15) is 45.4 Å². The molecule has 3 atom stereocenters. The third-order valence-electron chi connectivity index (χ3n) is 5.52. The molecule has 19 heavy (non-hydrogen) atoms. The van der Waals surface area contributed by atoms with Gasteiger partial charge in [0.05, 0.1) is 0 Å². The summed E-state index contributed by atoms with van der Waals surface area (Å²) in [6, 6.07) is 1.68. The molecule has 0 spiro atoms. The van der Waals surface area contributed by atoms with Gasteiger partial charge in [-0.25, -0.2) is 0 Å². The van der Waals surface area contributed by atoms with E-state index in [1.54, 1.807) is 0 Å². The van der Waals surface area contributed by atoms with Crippen molar-refractivity contribution in [3.05, 3.63) is 0 Å². The Hall–Kier alpha value is -0.120. The standard InChI is InChI=1S/C16H31N3/c1-2-17-16-7-5-6-14(16)12-18-11-8-15(13-18)19-9-3-4-10-19/h14-17H,2-13H2,1H3. The zero-order valence-electron chi connectivity index (χ0n) is 12.6. The first-order chi connectivity index (χ1) is 9.36. The van der Waals surface area contributed by atoms with Crippen LogP contribution in [0.5, 0.6) is 0 Å². The van der Waals surface area contributed by atoms with E-state index in [0.717, 1.165) is 24.5 Å². The highest BCUT2D eigenvalue weighted by Crippen LogP contribution is 2.28. The molecule has 3 unspecified atom stereocenters. The van der Waals surface area contributed by atoms with Gasteiger partial charge >= 0.3 is 0 Å². The summed E-state index contributed by atoms with van der Waals surface area (Å²) in [5.74, 6) is 0.914. The molecule has 3 rings (SSSR count). The summed E-state index contributed by atoms with van der Waals surface area (Å²) in [5, 5.41) is 3.70. The van der Waals surface area contributed by atoms with Crippen molar-refractivity contribution in [1.82, 2.24) is 15.1 Å². The fourth-order valence-electron chi connectivity index (χ4n) is 4.50. The van der Waals surface area contributed by atoms with Gasteiger partial charge in [-0.3, -0.25) is 4.90 Å². The van der Waals surface area contributed by atoms with Crippen molar-refractivity contribution in [2.75, 3.05) is 39.3 Å². The largest absolute Gasteiger partial charge is 0.314 e. The smallest absolute Gasteiger partial charge is 0.0235 e. The quantitative estimate of drug-likeness (QED) is 0.819. The summed E-state index contributed by atoms with van der Waals surface area (Å²) in [5.41, 5.74) is 0. The molecule has 1 saturated carbocycles. The minimum atomic E-state index is 0.802. The summed E-state index contributed by atoms with van der Waals surface area (Å²) >= 11 is 0. The lowest BCUT2D eigenvalue weighted by Gasteiger charge is -2.27. The molecule has 0 aromatic heterocycles. The van der Waals surface area contributed by atoms with Crippen LogP contribution in [0, 0.1) is 5.92 Å². The highest BCUT2D eigenvalue weighted by Gasteiger charge is 2.33. The second kappa shape index (κ2) is 6.55. The van der Waals surface area contributed by atoms with Crippen LogP contribution in [0.2, 0.25) is 0 Å². The Morgan fingerprint density at radius 2 is 1.84 bits per heavy atom. The number of nitrogens with zero attached hydrogens (tertiary/aromatic N) is 2. The molecule has 2 heterocycles. The van der Waals surface area contributed by atoms with Crippen LogP contribution in [-0.2, 0) is 0 Å². The van der Waals surface area contributed by atoms with Crippen LogP contribution in [-0.4, -0.2) is 61.2 Å². The highest BCUT2D eigenvalue weighted by atomic mass is 15.3. The topological polar surface area (TPSA) is 18.5 Å². The van der Waals surface area contributed by atoms with Crippen molar-refractivity contribution in [2.45, 2.75) is 57.5 Å². The Kier molecular flexibility index (Phi) is 4.78. The normalized spacial score (nSPS) is 37.4. The van der Waals surface area contributed by atoms with Crippen LogP contribution >= 0.6 is 0 Å². The second-order valence-corrected chi connectivity index (χ2v) is 6.80. The lowest BCUT2D eigenvalue weighted by atomic mass is 10.0. The number of rotatable bonds is 5. The average molecular weight is 265 g/mol. The van der Waals surface area contributed by atoms with Gasteiger partial charge in [0.1, 0.15) is 0 Å². The van der Waals surface area contributed by atoms with Gasteiger partial charge in [0, 0.05) is 25.2 Å². The van der Waals surface area contributed by atoms with E-state index in [9.17, 15) is 0 Å². The third-order valence-corrected chi connectivity index (χ3v) is 5.52. The Balaban J connectivity index is 1.45. The van der Waals surface area contributed by atoms with E-state index in [1.807, 2.05) is 0 Å². The predicted octanol–water partition coefficient (Wildman–Crippen LogP) is 1.93. The Morgan fingerprint density at radius 3 is 2.63 bits per heavy atom. The van der Waals surface area contributed by atoms with Gasteiger partial charge in [-0.1, -0.05) is 13.3 Å². The number of hydrogen-bond donors (Lipinski definition) is 1. The van der Waals surface area contributed by atoms with Gasteiger partial charge in [-0.15, -0.1) is 0 Å².